The molecule has 0 N–H and O–H groups in total. The molecule has 2 aromatic rings. The lowest BCUT2D eigenvalue weighted by Gasteiger charge is -2.44. The first-order chi connectivity index (χ1) is 12.7. The summed E-state index contributed by atoms with van der Waals surface area (Å²) >= 11 is 0. The van der Waals surface area contributed by atoms with Crippen molar-refractivity contribution in [2.75, 3.05) is 26.4 Å². The smallest absolute Gasteiger partial charge is 0.232 e. The minimum Gasteiger partial charge on any atom is -0.454 e. The van der Waals surface area contributed by atoms with Crippen LogP contribution in [0.1, 0.15) is 29.6 Å². The van der Waals surface area contributed by atoms with E-state index in [1.807, 2.05) is 17.0 Å². The van der Waals surface area contributed by atoms with Crippen LogP contribution in [0, 0.1) is 6.92 Å². The molecule has 1 unspecified atom stereocenters. The Hall–Kier alpha value is -2.61. The molecule has 2 fully saturated rings. The molecule has 5 rings (SSSR count). The molecular formula is C18H20N4O4. The Kier molecular flexibility index (Phi) is 3.59. The summed E-state index contributed by atoms with van der Waals surface area (Å²) in [4.78, 5) is 21.0. The van der Waals surface area contributed by atoms with Crippen molar-refractivity contribution >= 4 is 5.91 Å². The molecule has 3 aliphatic heterocycles. The zero-order valence-electron chi connectivity index (χ0n) is 14.6. The minimum absolute atomic E-state index is 0.0145. The zero-order valence-corrected chi connectivity index (χ0v) is 14.6. The summed E-state index contributed by atoms with van der Waals surface area (Å²) in [5, 5.41) is 3.83. The van der Waals surface area contributed by atoms with Crippen LogP contribution < -0.4 is 9.47 Å². The van der Waals surface area contributed by atoms with Crippen LogP contribution in [-0.2, 0) is 11.3 Å². The van der Waals surface area contributed by atoms with E-state index in [0.717, 1.165) is 36.7 Å². The summed E-state index contributed by atoms with van der Waals surface area (Å²) in [7, 11) is 0. The average Bonchev–Trinajstić information content (AvgIpc) is 3.30. The van der Waals surface area contributed by atoms with Gasteiger partial charge in [-0.05, 0) is 13.0 Å². The quantitative estimate of drug-likeness (QED) is 0.817. The summed E-state index contributed by atoms with van der Waals surface area (Å²) in [6.07, 6.45) is 0.454. The number of amides is 1. The average molecular weight is 356 g/mol. The van der Waals surface area contributed by atoms with Crippen molar-refractivity contribution in [2.45, 2.75) is 31.8 Å². The van der Waals surface area contributed by atoms with E-state index >= 15 is 0 Å². The third-order valence-electron chi connectivity index (χ3n) is 5.30. The molecular weight excluding hydrogens is 336 g/mol. The molecule has 0 bridgehead atoms. The van der Waals surface area contributed by atoms with Gasteiger partial charge in [-0.1, -0.05) is 17.3 Å². The first kappa shape index (κ1) is 15.6. The third kappa shape index (κ3) is 2.61. The van der Waals surface area contributed by atoms with Crippen molar-refractivity contribution in [3.63, 3.8) is 0 Å². The Labute approximate surface area is 150 Å². The van der Waals surface area contributed by atoms with E-state index < -0.39 is 0 Å². The lowest BCUT2D eigenvalue weighted by Crippen LogP contribution is -2.59. The summed E-state index contributed by atoms with van der Waals surface area (Å²) in [5.41, 5.74) is 1.13. The zero-order chi connectivity index (χ0) is 17.7. The van der Waals surface area contributed by atoms with Crippen LogP contribution in [0.25, 0.3) is 0 Å². The summed E-state index contributed by atoms with van der Waals surface area (Å²) < 4.78 is 16.2. The Morgan fingerprint density at radius 2 is 2.12 bits per heavy atom. The summed E-state index contributed by atoms with van der Waals surface area (Å²) in [6.45, 7) is 5.28. The van der Waals surface area contributed by atoms with Gasteiger partial charge in [0.2, 0.25) is 18.6 Å². The molecule has 0 spiro atoms. The van der Waals surface area contributed by atoms with E-state index in [1.54, 1.807) is 6.92 Å². The van der Waals surface area contributed by atoms with E-state index in [4.69, 9.17) is 14.0 Å². The number of nitrogens with zero attached hydrogens (tertiary/aromatic N) is 4. The fraction of sp³-hybridized carbons (Fsp3) is 0.500. The second kappa shape index (κ2) is 5.98. The van der Waals surface area contributed by atoms with Crippen molar-refractivity contribution in [3.05, 3.63) is 35.5 Å². The summed E-state index contributed by atoms with van der Waals surface area (Å²) in [6, 6.07) is 6.23. The van der Waals surface area contributed by atoms with Crippen molar-refractivity contribution < 1.29 is 18.8 Å². The molecule has 136 valence electrons. The van der Waals surface area contributed by atoms with Crippen LogP contribution in [0.15, 0.2) is 22.7 Å². The number of benzene rings is 1. The topological polar surface area (TPSA) is 80.9 Å². The van der Waals surface area contributed by atoms with Gasteiger partial charge >= 0.3 is 0 Å². The van der Waals surface area contributed by atoms with E-state index in [9.17, 15) is 4.79 Å². The third-order valence-corrected chi connectivity index (χ3v) is 5.30. The maximum absolute atomic E-state index is 12.4. The SMILES string of the molecule is Cc1noc(C2CC(=O)N(C3CN(Cc4cccc5c4OCO5)C3)C2)n1. The van der Waals surface area contributed by atoms with Gasteiger partial charge in [-0.25, -0.2) is 0 Å². The molecule has 3 aliphatic rings. The highest BCUT2D eigenvalue weighted by Gasteiger charge is 2.42. The van der Waals surface area contributed by atoms with Gasteiger partial charge in [0.05, 0.1) is 12.0 Å². The molecule has 0 saturated carbocycles. The van der Waals surface area contributed by atoms with Crippen LogP contribution in [0.3, 0.4) is 0 Å². The molecule has 1 amide bonds. The standard InChI is InChI=1S/C18H20N4O4/c1-11-19-18(26-20-11)13-5-16(23)22(7-13)14-8-21(9-14)6-12-3-2-4-15-17(12)25-10-24-15/h2-4,13-14H,5-10H2,1H3. The molecule has 2 saturated heterocycles. The highest BCUT2D eigenvalue weighted by Crippen LogP contribution is 2.37. The lowest BCUT2D eigenvalue weighted by molar-refractivity contribution is -0.133. The van der Waals surface area contributed by atoms with E-state index in [0.29, 0.717) is 24.7 Å². The van der Waals surface area contributed by atoms with Crippen LogP contribution in [0.4, 0.5) is 0 Å². The van der Waals surface area contributed by atoms with Gasteiger partial charge in [0.1, 0.15) is 0 Å². The second-order valence-corrected chi connectivity index (χ2v) is 7.13. The molecule has 0 aliphatic carbocycles. The lowest BCUT2D eigenvalue weighted by atomic mass is 10.0. The number of carbonyl (C=O) groups is 1. The van der Waals surface area contributed by atoms with E-state index in [-0.39, 0.29) is 24.7 Å². The van der Waals surface area contributed by atoms with Crippen LogP contribution >= 0.6 is 0 Å². The number of hydrogen-bond acceptors (Lipinski definition) is 7. The Bertz CT molecular complexity index is 845. The van der Waals surface area contributed by atoms with E-state index in [1.165, 1.54) is 0 Å². The molecule has 1 aromatic heterocycles. The Balaban J connectivity index is 1.20. The van der Waals surface area contributed by atoms with Crippen LogP contribution in [-0.4, -0.2) is 58.3 Å². The van der Waals surface area contributed by atoms with Gasteiger partial charge in [0, 0.05) is 38.2 Å². The number of ether oxygens (including phenoxy) is 2. The number of likely N-dealkylation sites (tertiary alicyclic amines) is 2. The van der Waals surface area contributed by atoms with Gasteiger partial charge in [0.25, 0.3) is 0 Å². The van der Waals surface area contributed by atoms with Crippen LogP contribution in [0.5, 0.6) is 11.5 Å². The molecule has 1 atom stereocenters. The minimum atomic E-state index is 0.0145. The first-order valence-electron chi connectivity index (χ1n) is 8.87. The van der Waals surface area contributed by atoms with Crippen molar-refractivity contribution in [2.24, 2.45) is 0 Å². The number of aromatic nitrogens is 2. The monoisotopic (exact) mass is 356 g/mol. The fourth-order valence-corrected chi connectivity index (χ4v) is 3.95. The van der Waals surface area contributed by atoms with Crippen molar-refractivity contribution in [1.29, 1.82) is 0 Å². The number of fused-ring (bicyclic) bond motifs is 1. The predicted octanol–water partition coefficient (Wildman–Crippen LogP) is 1.31. The number of carbonyl (C=O) groups excluding carboxylic acids is 1. The molecule has 26 heavy (non-hydrogen) atoms. The predicted molar refractivity (Wildman–Crippen MR) is 89.7 cm³/mol. The van der Waals surface area contributed by atoms with Crippen molar-refractivity contribution in [1.82, 2.24) is 19.9 Å². The number of rotatable bonds is 4. The van der Waals surface area contributed by atoms with Gasteiger partial charge in [0.15, 0.2) is 17.3 Å². The summed E-state index contributed by atoms with van der Waals surface area (Å²) in [5.74, 6) is 3.04. The Morgan fingerprint density at radius 1 is 1.23 bits per heavy atom. The number of para-hydroxylation sites is 1. The van der Waals surface area contributed by atoms with Gasteiger partial charge in [-0.15, -0.1) is 0 Å². The number of aryl methyl sites for hydroxylation is 1. The normalized spacial score (nSPS) is 22.9. The molecule has 4 heterocycles. The molecule has 1 aromatic carbocycles. The Morgan fingerprint density at radius 3 is 2.92 bits per heavy atom. The number of hydrogen-bond donors (Lipinski definition) is 0. The van der Waals surface area contributed by atoms with Crippen LogP contribution in [0.2, 0.25) is 0 Å². The highest BCUT2D eigenvalue weighted by atomic mass is 16.7. The molecule has 8 heteroatoms. The maximum atomic E-state index is 12.4. The maximum Gasteiger partial charge on any atom is 0.232 e. The molecule has 0 radical (unpaired) electrons. The molecule has 8 nitrogen and oxygen atoms in total. The highest BCUT2D eigenvalue weighted by molar-refractivity contribution is 5.80. The van der Waals surface area contributed by atoms with Gasteiger partial charge in [-0.3, -0.25) is 9.69 Å². The van der Waals surface area contributed by atoms with Gasteiger partial charge < -0.3 is 18.9 Å². The fourth-order valence-electron chi connectivity index (χ4n) is 3.95. The van der Waals surface area contributed by atoms with E-state index in [2.05, 4.69) is 21.1 Å². The van der Waals surface area contributed by atoms with Gasteiger partial charge in [-0.2, -0.15) is 4.98 Å². The largest absolute Gasteiger partial charge is 0.454 e. The second-order valence-electron chi connectivity index (χ2n) is 7.13. The first-order valence-corrected chi connectivity index (χ1v) is 8.87. The van der Waals surface area contributed by atoms with Crippen molar-refractivity contribution in [3.8, 4) is 11.5 Å².